The van der Waals surface area contributed by atoms with Crippen molar-refractivity contribution in [3.8, 4) is 5.75 Å². The molecule has 2 aromatic heterocycles. The van der Waals surface area contributed by atoms with Gasteiger partial charge in [-0.25, -0.2) is 0 Å². The Morgan fingerprint density at radius 3 is 2.40 bits per heavy atom. The van der Waals surface area contributed by atoms with Crippen LogP contribution in [0.25, 0.3) is 0 Å². The second-order valence-electron chi connectivity index (χ2n) is 7.17. The standard InChI is InChI=1S/C22H25N5O3/c1-15(2)20(25-21(28)17-4-6-18(30-3)7-5-17)22(29)24-19-10-13-27(26-19)14-16-8-11-23-12-9-16/h4-13,15,20H,14H2,1-3H3,(H,25,28)(H,24,26,29). The predicted molar refractivity (Wildman–Crippen MR) is 113 cm³/mol. The Labute approximate surface area is 175 Å². The number of carbonyl (C=O) groups is 2. The van der Waals surface area contributed by atoms with Crippen molar-refractivity contribution in [2.24, 2.45) is 5.92 Å². The molecule has 8 heteroatoms. The molecule has 0 aliphatic carbocycles. The lowest BCUT2D eigenvalue weighted by atomic mass is 10.0. The van der Waals surface area contributed by atoms with Crippen molar-refractivity contribution in [1.82, 2.24) is 20.1 Å². The third-order valence-electron chi connectivity index (χ3n) is 4.57. The fraction of sp³-hybridized carbons (Fsp3) is 0.273. The molecule has 2 N–H and O–H groups in total. The molecule has 30 heavy (non-hydrogen) atoms. The van der Waals surface area contributed by atoms with Crippen LogP contribution in [0.2, 0.25) is 0 Å². The molecule has 0 saturated carbocycles. The van der Waals surface area contributed by atoms with Crippen molar-refractivity contribution in [2.75, 3.05) is 12.4 Å². The van der Waals surface area contributed by atoms with E-state index in [1.54, 1.807) is 60.7 Å². The summed E-state index contributed by atoms with van der Waals surface area (Å²) in [5.74, 6) is 0.340. The van der Waals surface area contributed by atoms with Crippen LogP contribution in [0.5, 0.6) is 5.75 Å². The largest absolute Gasteiger partial charge is 0.497 e. The molecule has 0 bridgehead atoms. The van der Waals surface area contributed by atoms with Crippen molar-refractivity contribution in [3.63, 3.8) is 0 Å². The van der Waals surface area contributed by atoms with Crippen LogP contribution in [0.3, 0.4) is 0 Å². The van der Waals surface area contributed by atoms with Crippen molar-refractivity contribution in [3.05, 3.63) is 72.2 Å². The first-order chi connectivity index (χ1) is 14.5. The van der Waals surface area contributed by atoms with E-state index in [2.05, 4.69) is 20.7 Å². The molecule has 0 spiro atoms. The quantitative estimate of drug-likeness (QED) is 0.598. The number of methoxy groups -OCH3 is 1. The molecular weight excluding hydrogens is 382 g/mol. The number of rotatable bonds is 8. The molecule has 8 nitrogen and oxygen atoms in total. The lowest BCUT2D eigenvalue weighted by Crippen LogP contribution is -2.47. The van der Waals surface area contributed by atoms with Gasteiger partial charge in [-0.1, -0.05) is 13.8 Å². The minimum absolute atomic E-state index is 0.105. The Morgan fingerprint density at radius 2 is 1.77 bits per heavy atom. The first-order valence-electron chi connectivity index (χ1n) is 9.64. The third-order valence-corrected chi connectivity index (χ3v) is 4.57. The smallest absolute Gasteiger partial charge is 0.251 e. The minimum Gasteiger partial charge on any atom is -0.497 e. The fourth-order valence-electron chi connectivity index (χ4n) is 2.90. The molecule has 0 aliphatic heterocycles. The Hall–Kier alpha value is -3.68. The summed E-state index contributed by atoms with van der Waals surface area (Å²) < 4.78 is 6.83. The van der Waals surface area contributed by atoms with E-state index in [1.807, 2.05) is 26.0 Å². The van der Waals surface area contributed by atoms with E-state index in [-0.39, 0.29) is 17.7 Å². The molecular formula is C22H25N5O3. The highest BCUT2D eigenvalue weighted by atomic mass is 16.5. The van der Waals surface area contributed by atoms with E-state index in [0.717, 1.165) is 5.56 Å². The second-order valence-corrected chi connectivity index (χ2v) is 7.17. The molecule has 1 unspecified atom stereocenters. The molecule has 156 valence electrons. The van der Waals surface area contributed by atoms with Gasteiger partial charge < -0.3 is 15.4 Å². The maximum absolute atomic E-state index is 12.8. The van der Waals surface area contributed by atoms with E-state index in [9.17, 15) is 9.59 Å². The van der Waals surface area contributed by atoms with E-state index in [1.165, 1.54) is 0 Å². The molecule has 3 aromatic rings. The van der Waals surface area contributed by atoms with E-state index < -0.39 is 6.04 Å². The number of ether oxygens (including phenoxy) is 1. The summed E-state index contributed by atoms with van der Waals surface area (Å²) in [5, 5.41) is 9.97. The van der Waals surface area contributed by atoms with Crippen LogP contribution in [0, 0.1) is 5.92 Å². The first-order valence-corrected chi connectivity index (χ1v) is 9.64. The zero-order chi connectivity index (χ0) is 21.5. The highest BCUT2D eigenvalue weighted by Gasteiger charge is 2.25. The average Bonchev–Trinajstić information content (AvgIpc) is 3.18. The molecule has 0 fully saturated rings. The lowest BCUT2D eigenvalue weighted by Gasteiger charge is -2.21. The number of carbonyl (C=O) groups excluding carboxylic acids is 2. The van der Waals surface area contributed by atoms with Crippen LogP contribution >= 0.6 is 0 Å². The second kappa shape index (κ2) is 9.69. The average molecular weight is 407 g/mol. The number of pyridine rings is 1. The van der Waals surface area contributed by atoms with Gasteiger partial charge in [-0.15, -0.1) is 0 Å². The monoisotopic (exact) mass is 407 g/mol. The Bertz CT molecular complexity index is 984. The first kappa shape index (κ1) is 21.0. The van der Waals surface area contributed by atoms with Crippen molar-refractivity contribution in [2.45, 2.75) is 26.4 Å². The van der Waals surface area contributed by atoms with Gasteiger partial charge in [0.1, 0.15) is 11.8 Å². The van der Waals surface area contributed by atoms with Crippen LogP contribution in [-0.2, 0) is 11.3 Å². The van der Waals surface area contributed by atoms with Crippen LogP contribution in [0.4, 0.5) is 5.82 Å². The summed E-state index contributed by atoms with van der Waals surface area (Å²) >= 11 is 0. The summed E-state index contributed by atoms with van der Waals surface area (Å²) in [6.45, 7) is 4.32. The number of anilines is 1. The van der Waals surface area contributed by atoms with E-state index in [4.69, 9.17) is 4.74 Å². The van der Waals surface area contributed by atoms with Gasteiger partial charge in [-0.05, 0) is 47.9 Å². The maximum Gasteiger partial charge on any atom is 0.251 e. The SMILES string of the molecule is COc1ccc(C(=O)NC(C(=O)Nc2ccn(Cc3ccncc3)n2)C(C)C)cc1. The van der Waals surface area contributed by atoms with Gasteiger partial charge in [0, 0.05) is 30.2 Å². The van der Waals surface area contributed by atoms with Crippen LogP contribution in [-0.4, -0.2) is 39.7 Å². The van der Waals surface area contributed by atoms with E-state index in [0.29, 0.717) is 23.7 Å². The maximum atomic E-state index is 12.8. The van der Waals surface area contributed by atoms with Gasteiger partial charge in [0.15, 0.2) is 5.82 Å². The fourth-order valence-corrected chi connectivity index (χ4v) is 2.90. The van der Waals surface area contributed by atoms with Gasteiger partial charge >= 0.3 is 0 Å². The summed E-state index contributed by atoms with van der Waals surface area (Å²) in [4.78, 5) is 29.3. The molecule has 0 aliphatic rings. The summed E-state index contributed by atoms with van der Waals surface area (Å²) in [5.41, 5.74) is 1.51. The highest BCUT2D eigenvalue weighted by molar-refractivity contribution is 6.01. The number of benzene rings is 1. The number of aromatic nitrogens is 3. The third kappa shape index (κ3) is 5.44. The van der Waals surface area contributed by atoms with Gasteiger partial charge in [-0.3, -0.25) is 19.3 Å². The summed E-state index contributed by atoms with van der Waals surface area (Å²) in [7, 11) is 1.56. The number of hydrogen-bond acceptors (Lipinski definition) is 5. The number of hydrogen-bond donors (Lipinski definition) is 2. The number of nitrogens with zero attached hydrogens (tertiary/aromatic N) is 3. The molecule has 2 heterocycles. The van der Waals surface area contributed by atoms with Crippen LogP contribution in [0.1, 0.15) is 29.8 Å². The molecule has 0 saturated heterocycles. The molecule has 1 aromatic carbocycles. The zero-order valence-corrected chi connectivity index (χ0v) is 17.2. The van der Waals surface area contributed by atoms with Crippen molar-refractivity contribution in [1.29, 1.82) is 0 Å². The Kier molecular flexibility index (Phi) is 6.79. The lowest BCUT2D eigenvalue weighted by molar-refractivity contribution is -0.118. The molecule has 2 amide bonds. The molecule has 1 atom stereocenters. The van der Waals surface area contributed by atoms with Gasteiger partial charge in [-0.2, -0.15) is 5.10 Å². The predicted octanol–water partition coefficient (Wildman–Crippen LogP) is 2.73. The van der Waals surface area contributed by atoms with Gasteiger partial charge in [0.25, 0.3) is 5.91 Å². The van der Waals surface area contributed by atoms with Gasteiger partial charge in [0.05, 0.1) is 13.7 Å². The molecule has 3 rings (SSSR count). The number of amides is 2. The highest BCUT2D eigenvalue weighted by Crippen LogP contribution is 2.13. The number of nitrogens with one attached hydrogen (secondary N) is 2. The normalized spacial score (nSPS) is 11.7. The zero-order valence-electron chi connectivity index (χ0n) is 17.2. The minimum atomic E-state index is -0.704. The summed E-state index contributed by atoms with van der Waals surface area (Å²) in [6.07, 6.45) is 5.23. The van der Waals surface area contributed by atoms with Gasteiger partial charge in [0.2, 0.25) is 5.91 Å². The van der Waals surface area contributed by atoms with Crippen molar-refractivity contribution >= 4 is 17.6 Å². The summed E-state index contributed by atoms with van der Waals surface area (Å²) in [6, 6.07) is 11.6. The van der Waals surface area contributed by atoms with E-state index >= 15 is 0 Å². The Morgan fingerprint density at radius 1 is 1.07 bits per heavy atom. The Balaban J connectivity index is 1.63. The topological polar surface area (TPSA) is 98.1 Å². The van der Waals surface area contributed by atoms with Crippen molar-refractivity contribution < 1.29 is 14.3 Å². The molecule has 0 radical (unpaired) electrons. The van der Waals surface area contributed by atoms with Crippen LogP contribution < -0.4 is 15.4 Å². The van der Waals surface area contributed by atoms with Crippen LogP contribution in [0.15, 0.2) is 61.1 Å².